The minimum atomic E-state index is -0.705. The van der Waals surface area contributed by atoms with Crippen LogP contribution in [0.5, 0.6) is 5.75 Å². The van der Waals surface area contributed by atoms with Crippen molar-refractivity contribution >= 4 is 0 Å². The molecular weight excluding hydrogens is 381 g/mol. The molecule has 1 aliphatic rings. The molecule has 0 aliphatic carbocycles. The first kappa shape index (κ1) is 19.5. The van der Waals surface area contributed by atoms with Crippen LogP contribution < -0.4 is 4.74 Å². The van der Waals surface area contributed by atoms with E-state index in [1.807, 2.05) is 0 Å². The Kier molecular flexibility index (Phi) is 5.58. The Morgan fingerprint density at radius 2 is 1.83 bits per heavy atom. The summed E-state index contributed by atoms with van der Waals surface area (Å²) in [5, 5.41) is 0. The van der Waals surface area contributed by atoms with E-state index in [1.54, 1.807) is 25.1 Å². The smallest absolute Gasteiger partial charge is 0.229 e. The van der Waals surface area contributed by atoms with Crippen molar-refractivity contribution in [3.63, 3.8) is 0 Å². The predicted molar refractivity (Wildman–Crippen MR) is 102 cm³/mol. The maximum Gasteiger partial charge on any atom is 0.229 e. The Morgan fingerprint density at radius 1 is 1.07 bits per heavy atom. The van der Waals surface area contributed by atoms with Gasteiger partial charge >= 0.3 is 0 Å². The van der Waals surface area contributed by atoms with Crippen LogP contribution in [0.25, 0.3) is 11.5 Å². The molecule has 0 spiro atoms. The quantitative estimate of drug-likeness (QED) is 0.594. The highest BCUT2D eigenvalue weighted by atomic mass is 19.1. The van der Waals surface area contributed by atoms with E-state index in [4.69, 9.17) is 9.15 Å². The number of halogens is 3. The third-order valence-electron chi connectivity index (χ3n) is 5.09. The second-order valence-electron chi connectivity index (χ2n) is 7.17. The highest BCUT2D eigenvalue weighted by Gasteiger charge is 2.24. The van der Waals surface area contributed by atoms with E-state index in [9.17, 15) is 13.2 Å². The molecule has 4 nitrogen and oxygen atoms in total. The monoisotopic (exact) mass is 402 g/mol. The van der Waals surface area contributed by atoms with Gasteiger partial charge in [0.2, 0.25) is 5.89 Å². The molecule has 0 N–H and O–H groups in total. The first-order valence-corrected chi connectivity index (χ1v) is 9.55. The molecule has 4 rings (SSSR count). The lowest BCUT2D eigenvalue weighted by Gasteiger charge is -2.31. The fourth-order valence-corrected chi connectivity index (χ4v) is 3.47. The molecule has 7 heteroatoms. The third-order valence-corrected chi connectivity index (χ3v) is 5.09. The van der Waals surface area contributed by atoms with Crippen molar-refractivity contribution in [1.29, 1.82) is 0 Å². The summed E-state index contributed by atoms with van der Waals surface area (Å²) in [6, 6.07) is 9.73. The maximum absolute atomic E-state index is 14.0. The first-order valence-electron chi connectivity index (χ1n) is 9.55. The fraction of sp³-hybridized carbons (Fsp3) is 0.318. The molecule has 0 saturated carbocycles. The van der Waals surface area contributed by atoms with Gasteiger partial charge in [-0.05, 0) is 44.0 Å². The normalized spacial score (nSPS) is 15.6. The minimum Gasteiger partial charge on any atom is -0.487 e. The molecule has 1 aliphatic heterocycles. The number of ether oxygens (including phenoxy) is 1. The third kappa shape index (κ3) is 4.45. The van der Waals surface area contributed by atoms with E-state index in [0.29, 0.717) is 12.3 Å². The van der Waals surface area contributed by atoms with Crippen LogP contribution >= 0.6 is 0 Å². The fourth-order valence-electron chi connectivity index (χ4n) is 3.47. The Bertz CT molecular complexity index is 997. The SMILES string of the molecule is Cc1oc(-c2ccc(F)cc2F)nc1CN1CCC(Oc2ccccc2F)CC1. The van der Waals surface area contributed by atoms with Gasteiger partial charge in [-0.1, -0.05) is 12.1 Å². The van der Waals surface area contributed by atoms with Crippen LogP contribution in [-0.2, 0) is 6.54 Å². The van der Waals surface area contributed by atoms with Crippen molar-refractivity contribution in [3.8, 4) is 17.2 Å². The number of aryl methyl sites for hydroxylation is 1. The minimum absolute atomic E-state index is 0.0366. The van der Waals surface area contributed by atoms with Gasteiger partial charge in [-0.25, -0.2) is 18.2 Å². The number of nitrogens with zero attached hydrogens (tertiary/aromatic N) is 2. The number of para-hydroxylation sites is 1. The summed E-state index contributed by atoms with van der Waals surface area (Å²) in [6.45, 7) is 3.88. The lowest BCUT2D eigenvalue weighted by Crippen LogP contribution is -2.38. The van der Waals surface area contributed by atoms with Crippen LogP contribution in [-0.4, -0.2) is 29.1 Å². The van der Waals surface area contributed by atoms with Crippen molar-refractivity contribution in [2.75, 3.05) is 13.1 Å². The van der Waals surface area contributed by atoms with Gasteiger partial charge in [0.05, 0.1) is 11.3 Å². The number of aromatic nitrogens is 1. The van der Waals surface area contributed by atoms with Gasteiger partial charge in [0.25, 0.3) is 0 Å². The standard InChI is InChI=1S/C22H21F3N2O2/c1-14-20(26-22(28-14)17-7-6-15(23)12-19(17)25)13-27-10-8-16(9-11-27)29-21-5-3-2-4-18(21)24/h2-7,12,16H,8-11,13H2,1H3. The molecule has 2 aromatic carbocycles. The second kappa shape index (κ2) is 8.29. The summed E-state index contributed by atoms with van der Waals surface area (Å²) >= 11 is 0. The number of likely N-dealkylation sites (tertiary alicyclic amines) is 1. The zero-order chi connectivity index (χ0) is 20.4. The number of oxazole rings is 1. The molecule has 0 amide bonds. The second-order valence-corrected chi connectivity index (χ2v) is 7.17. The summed E-state index contributed by atoms with van der Waals surface area (Å²) in [7, 11) is 0. The molecule has 1 saturated heterocycles. The molecule has 1 aromatic heterocycles. The van der Waals surface area contributed by atoms with E-state index in [-0.39, 0.29) is 29.1 Å². The molecule has 29 heavy (non-hydrogen) atoms. The summed E-state index contributed by atoms with van der Waals surface area (Å²) in [6.07, 6.45) is 1.50. The van der Waals surface area contributed by atoms with Crippen LogP contribution in [0.2, 0.25) is 0 Å². The van der Waals surface area contributed by atoms with Crippen LogP contribution in [0.15, 0.2) is 46.9 Å². The average molecular weight is 402 g/mol. The average Bonchev–Trinajstić information content (AvgIpc) is 3.05. The largest absolute Gasteiger partial charge is 0.487 e. The van der Waals surface area contributed by atoms with Crippen molar-refractivity contribution < 1.29 is 22.3 Å². The summed E-state index contributed by atoms with van der Waals surface area (Å²) in [5.74, 6) is -0.668. The first-order chi connectivity index (χ1) is 14.0. The Morgan fingerprint density at radius 3 is 2.55 bits per heavy atom. The van der Waals surface area contributed by atoms with Gasteiger partial charge in [-0.2, -0.15) is 0 Å². The Labute approximate surface area is 166 Å². The molecule has 3 aromatic rings. The van der Waals surface area contributed by atoms with E-state index < -0.39 is 11.6 Å². The molecular formula is C22H21F3N2O2. The van der Waals surface area contributed by atoms with Gasteiger partial charge in [0.15, 0.2) is 11.6 Å². The van der Waals surface area contributed by atoms with Gasteiger partial charge in [-0.15, -0.1) is 0 Å². The summed E-state index contributed by atoms with van der Waals surface area (Å²) in [5.41, 5.74) is 0.856. The summed E-state index contributed by atoms with van der Waals surface area (Å²) in [4.78, 5) is 6.62. The highest BCUT2D eigenvalue weighted by Crippen LogP contribution is 2.27. The van der Waals surface area contributed by atoms with Gasteiger partial charge in [0.1, 0.15) is 23.5 Å². The van der Waals surface area contributed by atoms with E-state index in [2.05, 4.69) is 9.88 Å². The van der Waals surface area contributed by atoms with E-state index >= 15 is 0 Å². The lowest BCUT2D eigenvalue weighted by atomic mass is 10.1. The van der Waals surface area contributed by atoms with Crippen LogP contribution in [0.4, 0.5) is 13.2 Å². The molecule has 0 bridgehead atoms. The number of benzene rings is 2. The van der Waals surface area contributed by atoms with Gasteiger partial charge < -0.3 is 9.15 Å². The number of hydrogen-bond acceptors (Lipinski definition) is 4. The number of rotatable bonds is 5. The molecule has 1 fully saturated rings. The topological polar surface area (TPSA) is 38.5 Å². The van der Waals surface area contributed by atoms with Gasteiger partial charge in [-0.3, -0.25) is 4.90 Å². The molecule has 0 atom stereocenters. The maximum atomic E-state index is 14.0. The highest BCUT2D eigenvalue weighted by molar-refractivity contribution is 5.54. The van der Waals surface area contributed by atoms with Gasteiger partial charge in [0, 0.05) is 25.7 Å². The van der Waals surface area contributed by atoms with E-state index in [1.165, 1.54) is 18.2 Å². The Balaban J connectivity index is 1.37. The van der Waals surface area contributed by atoms with Crippen LogP contribution in [0, 0.1) is 24.4 Å². The van der Waals surface area contributed by atoms with Crippen molar-refractivity contribution in [2.24, 2.45) is 0 Å². The van der Waals surface area contributed by atoms with Crippen molar-refractivity contribution in [3.05, 3.63) is 71.4 Å². The molecule has 0 radical (unpaired) electrons. The zero-order valence-electron chi connectivity index (χ0n) is 16.0. The number of piperidine rings is 1. The van der Waals surface area contributed by atoms with Crippen molar-refractivity contribution in [2.45, 2.75) is 32.4 Å². The van der Waals surface area contributed by atoms with Crippen molar-refractivity contribution in [1.82, 2.24) is 9.88 Å². The zero-order valence-corrected chi connectivity index (χ0v) is 16.0. The Hall–Kier alpha value is -2.80. The van der Waals surface area contributed by atoms with Crippen LogP contribution in [0.1, 0.15) is 24.3 Å². The van der Waals surface area contributed by atoms with E-state index in [0.717, 1.165) is 37.7 Å². The number of hydrogen-bond donors (Lipinski definition) is 0. The lowest BCUT2D eigenvalue weighted by molar-refractivity contribution is 0.0927. The molecule has 0 unspecified atom stereocenters. The molecule has 2 heterocycles. The molecule has 152 valence electrons. The predicted octanol–water partition coefficient (Wildman–Crippen LogP) is 5.11. The summed E-state index contributed by atoms with van der Waals surface area (Å²) < 4.78 is 52.3. The van der Waals surface area contributed by atoms with Crippen LogP contribution in [0.3, 0.4) is 0 Å².